The molecule has 0 fully saturated rings. The van der Waals surface area contributed by atoms with Crippen molar-refractivity contribution in [3.8, 4) is 5.75 Å². The molecule has 140 valence electrons. The van der Waals surface area contributed by atoms with Gasteiger partial charge in [0, 0.05) is 42.1 Å². The van der Waals surface area contributed by atoms with Crippen LogP contribution in [0.5, 0.6) is 5.75 Å². The maximum Gasteiger partial charge on any atom is 0.337 e. The van der Waals surface area contributed by atoms with E-state index in [0.717, 1.165) is 5.56 Å². The Hall–Kier alpha value is -3.87. The average molecular weight is 375 g/mol. The molecule has 0 saturated heterocycles. The number of nitrogens with one attached hydrogen (secondary N) is 1. The zero-order chi connectivity index (χ0) is 19.5. The third kappa shape index (κ3) is 3.64. The van der Waals surface area contributed by atoms with Crippen LogP contribution >= 0.6 is 0 Å². The number of aromatic nitrogens is 2. The maximum absolute atomic E-state index is 12.8. The van der Waals surface area contributed by atoms with E-state index in [2.05, 4.69) is 10.3 Å². The summed E-state index contributed by atoms with van der Waals surface area (Å²) in [5, 5.41) is 3.39. The number of ether oxygens (including phenoxy) is 1. The summed E-state index contributed by atoms with van der Waals surface area (Å²) in [5.74, 6) is 0.156. The minimum Gasteiger partial charge on any atom is -0.497 e. The van der Waals surface area contributed by atoms with Crippen molar-refractivity contribution in [2.24, 2.45) is 0 Å². The number of hydrogen-bond acceptors (Lipinski definition) is 5. The first-order valence-electron chi connectivity index (χ1n) is 8.60. The van der Waals surface area contributed by atoms with Crippen molar-refractivity contribution in [3.05, 3.63) is 88.8 Å². The number of hydrogen-bond donors (Lipinski definition) is 1. The summed E-state index contributed by atoms with van der Waals surface area (Å²) in [4.78, 5) is 28.7. The predicted octanol–water partition coefficient (Wildman–Crippen LogP) is 3.30. The minimum atomic E-state index is -0.597. The van der Waals surface area contributed by atoms with Crippen molar-refractivity contribution in [1.82, 2.24) is 9.55 Å². The van der Waals surface area contributed by atoms with Crippen LogP contribution in [0.15, 0.2) is 76.5 Å². The van der Waals surface area contributed by atoms with Crippen LogP contribution < -0.4 is 15.7 Å². The van der Waals surface area contributed by atoms with E-state index in [1.165, 1.54) is 13.2 Å². The van der Waals surface area contributed by atoms with Crippen molar-refractivity contribution in [2.45, 2.75) is 6.54 Å². The van der Waals surface area contributed by atoms with Gasteiger partial charge in [0.1, 0.15) is 11.3 Å². The lowest BCUT2D eigenvalue weighted by molar-refractivity contribution is 0.102. The smallest absolute Gasteiger partial charge is 0.337 e. The summed E-state index contributed by atoms with van der Waals surface area (Å²) in [6.07, 6.45) is 5.32. The van der Waals surface area contributed by atoms with Gasteiger partial charge in [-0.1, -0.05) is 12.1 Å². The first kappa shape index (κ1) is 17.5. The highest BCUT2D eigenvalue weighted by Crippen LogP contribution is 2.23. The van der Waals surface area contributed by atoms with Crippen molar-refractivity contribution in [1.29, 1.82) is 0 Å². The van der Waals surface area contributed by atoms with E-state index >= 15 is 0 Å². The molecule has 4 aromatic rings. The molecular weight excluding hydrogens is 358 g/mol. The molecule has 7 heteroatoms. The third-order valence-electron chi connectivity index (χ3n) is 4.31. The van der Waals surface area contributed by atoms with E-state index in [-0.39, 0.29) is 11.5 Å². The summed E-state index contributed by atoms with van der Waals surface area (Å²) in [7, 11) is 1.52. The number of anilines is 1. The molecule has 7 nitrogen and oxygen atoms in total. The van der Waals surface area contributed by atoms with Crippen LogP contribution in [-0.4, -0.2) is 22.6 Å². The third-order valence-corrected chi connectivity index (χ3v) is 4.31. The standard InChI is InChI=1S/C21H17N3O4/c1-27-16-5-6-17-18(11-20(25)28-19(17)10-16)21(26)23-15-4-2-3-14(9-15)12-24-8-7-22-13-24/h2-11,13H,12H2,1H3,(H,23,26). The molecule has 0 spiro atoms. The average Bonchev–Trinajstić information content (AvgIpc) is 3.20. The SMILES string of the molecule is COc1ccc2c(C(=O)Nc3cccc(Cn4ccnc4)c3)cc(=O)oc2c1. The monoisotopic (exact) mass is 375 g/mol. The predicted molar refractivity (Wildman–Crippen MR) is 105 cm³/mol. The molecule has 0 unspecified atom stereocenters. The van der Waals surface area contributed by atoms with Crippen molar-refractivity contribution in [2.75, 3.05) is 12.4 Å². The van der Waals surface area contributed by atoms with E-state index < -0.39 is 5.63 Å². The number of methoxy groups -OCH3 is 1. The zero-order valence-electron chi connectivity index (χ0n) is 15.1. The van der Waals surface area contributed by atoms with Gasteiger partial charge in [-0.3, -0.25) is 4.79 Å². The van der Waals surface area contributed by atoms with Crippen LogP contribution in [0.3, 0.4) is 0 Å². The van der Waals surface area contributed by atoms with Crippen LogP contribution in [-0.2, 0) is 6.54 Å². The molecule has 1 N–H and O–H groups in total. The molecular formula is C21H17N3O4. The van der Waals surface area contributed by atoms with Gasteiger partial charge < -0.3 is 19.0 Å². The number of imidazole rings is 1. The van der Waals surface area contributed by atoms with Crippen LogP contribution in [0.1, 0.15) is 15.9 Å². The highest BCUT2D eigenvalue weighted by Gasteiger charge is 2.14. The fourth-order valence-corrected chi connectivity index (χ4v) is 2.99. The van der Waals surface area contributed by atoms with Crippen LogP contribution in [0.2, 0.25) is 0 Å². The summed E-state index contributed by atoms with van der Waals surface area (Å²) < 4.78 is 12.3. The van der Waals surface area contributed by atoms with Gasteiger partial charge in [-0.15, -0.1) is 0 Å². The number of benzene rings is 2. The van der Waals surface area contributed by atoms with Gasteiger partial charge in [0.2, 0.25) is 0 Å². The Morgan fingerprint density at radius 3 is 2.89 bits per heavy atom. The molecule has 0 atom stereocenters. The molecule has 2 aromatic carbocycles. The normalized spacial score (nSPS) is 10.8. The van der Waals surface area contributed by atoms with Crippen molar-refractivity contribution < 1.29 is 13.9 Å². The molecule has 28 heavy (non-hydrogen) atoms. The van der Waals surface area contributed by atoms with Gasteiger partial charge in [-0.05, 0) is 29.8 Å². The molecule has 0 aliphatic carbocycles. The zero-order valence-corrected chi connectivity index (χ0v) is 15.1. The van der Waals surface area contributed by atoms with Crippen molar-refractivity contribution in [3.63, 3.8) is 0 Å². The molecule has 2 heterocycles. The Morgan fingerprint density at radius 1 is 1.21 bits per heavy atom. The minimum absolute atomic E-state index is 0.244. The topological polar surface area (TPSA) is 86.4 Å². The van der Waals surface area contributed by atoms with Gasteiger partial charge in [0.15, 0.2) is 0 Å². The molecule has 0 aliphatic rings. The van der Waals surface area contributed by atoms with E-state index in [1.54, 1.807) is 36.8 Å². The number of nitrogens with zero attached hydrogens (tertiary/aromatic N) is 2. The van der Waals surface area contributed by atoms with Gasteiger partial charge in [-0.25, -0.2) is 9.78 Å². The number of fused-ring (bicyclic) bond motifs is 1. The lowest BCUT2D eigenvalue weighted by atomic mass is 10.1. The fourth-order valence-electron chi connectivity index (χ4n) is 2.99. The molecule has 4 rings (SSSR count). The first-order chi connectivity index (χ1) is 13.6. The summed E-state index contributed by atoms with van der Waals surface area (Å²) in [6.45, 7) is 0.640. The van der Waals surface area contributed by atoms with Crippen LogP contribution in [0.25, 0.3) is 11.0 Å². The quantitative estimate of drug-likeness (QED) is 0.541. The largest absolute Gasteiger partial charge is 0.497 e. The Kier molecular flexibility index (Phi) is 4.63. The molecule has 0 aliphatic heterocycles. The van der Waals surface area contributed by atoms with Gasteiger partial charge in [0.25, 0.3) is 5.91 Å². The second kappa shape index (κ2) is 7.40. The van der Waals surface area contributed by atoms with Crippen molar-refractivity contribution >= 4 is 22.6 Å². The Bertz CT molecular complexity index is 1200. The highest BCUT2D eigenvalue weighted by atomic mass is 16.5. The molecule has 0 saturated carbocycles. The highest BCUT2D eigenvalue weighted by molar-refractivity contribution is 6.12. The molecule has 1 amide bonds. The Balaban J connectivity index is 1.63. The van der Waals surface area contributed by atoms with Crippen LogP contribution in [0.4, 0.5) is 5.69 Å². The lowest BCUT2D eigenvalue weighted by Gasteiger charge is -2.10. The lowest BCUT2D eigenvalue weighted by Crippen LogP contribution is -2.15. The molecule has 2 aromatic heterocycles. The summed E-state index contributed by atoms with van der Waals surface area (Å²) in [5.41, 5.74) is 1.59. The van der Waals surface area contributed by atoms with E-state index in [0.29, 0.717) is 29.0 Å². The fraction of sp³-hybridized carbons (Fsp3) is 0.0952. The molecule has 0 bridgehead atoms. The number of amides is 1. The van der Waals surface area contributed by atoms with Gasteiger partial charge in [0.05, 0.1) is 19.0 Å². The van der Waals surface area contributed by atoms with Crippen LogP contribution in [0, 0.1) is 0 Å². The summed E-state index contributed by atoms with van der Waals surface area (Å²) in [6, 6.07) is 13.7. The number of carbonyl (C=O) groups is 1. The summed E-state index contributed by atoms with van der Waals surface area (Å²) >= 11 is 0. The Morgan fingerprint density at radius 2 is 2.11 bits per heavy atom. The van der Waals surface area contributed by atoms with E-state index in [4.69, 9.17) is 9.15 Å². The second-order valence-corrected chi connectivity index (χ2v) is 6.23. The second-order valence-electron chi connectivity index (χ2n) is 6.23. The molecule has 0 radical (unpaired) electrons. The maximum atomic E-state index is 12.8. The first-order valence-corrected chi connectivity index (χ1v) is 8.60. The number of rotatable bonds is 5. The van der Waals surface area contributed by atoms with Gasteiger partial charge in [-0.2, -0.15) is 0 Å². The van der Waals surface area contributed by atoms with E-state index in [1.807, 2.05) is 29.0 Å². The Labute approximate surface area is 160 Å². The number of carbonyl (C=O) groups excluding carboxylic acids is 1. The van der Waals surface area contributed by atoms with Gasteiger partial charge >= 0.3 is 5.63 Å². The van der Waals surface area contributed by atoms with E-state index in [9.17, 15) is 9.59 Å².